The first-order valence-electron chi connectivity index (χ1n) is 7.17. The van der Waals surface area contributed by atoms with Crippen molar-refractivity contribution in [3.63, 3.8) is 0 Å². The van der Waals surface area contributed by atoms with Crippen LogP contribution in [-0.4, -0.2) is 14.1 Å². The standard InChI is InChI=1S/C20H19N/c1-21(2)20-13-11-17(12-14-20)19-10-6-9-18(15-19)16-7-4-3-5-8-16/h3-15H,1-2H3. The molecule has 0 aromatic heterocycles. The van der Waals surface area contributed by atoms with Crippen LogP contribution in [0.2, 0.25) is 0 Å². The number of nitrogens with zero attached hydrogens (tertiary/aromatic N) is 1. The third-order valence-corrected chi connectivity index (χ3v) is 3.69. The van der Waals surface area contributed by atoms with Gasteiger partial charge in [0.05, 0.1) is 0 Å². The van der Waals surface area contributed by atoms with E-state index in [2.05, 4.69) is 91.8 Å². The van der Waals surface area contributed by atoms with Crippen LogP contribution in [0.4, 0.5) is 5.69 Å². The van der Waals surface area contributed by atoms with Gasteiger partial charge < -0.3 is 4.90 Å². The zero-order valence-electron chi connectivity index (χ0n) is 12.5. The maximum atomic E-state index is 2.25. The van der Waals surface area contributed by atoms with Gasteiger partial charge in [-0.2, -0.15) is 0 Å². The molecule has 0 aliphatic carbocycles. The molecule has 1 nitrogen and oxygen atoms in total. The highest BCUT2D eigenvalue weighted by atomic mass is 15.1. The largest absolute Gasteiger partial charge is 0.378 e. The monoisotopic (exact) mass is 273 g/mol. The van der Waals surface area contributed by atoms with Gasteiger partial charge in [-0.25, -0.2) is 0 Å². The summed E-state index contributed by atoms with van der Waals surface area (Å²) in [6, 6.07) is 27.9. The minimum Gasteiger partial charge on any atom is -0.378 e. The third-order valence-electron chi connectivity index (χ3n) is 3.69. The molecule has 0 amide bonds. The van der Waals surface area contributed by atoms with E-state index < -0.39 is 0 Å². The molecule has 0 heterocycles. The second kappa shape index (κ2) is 5.84. The van der Waals surface area contributed by atoms with Gasteiger partial charge in [0.15, 0.2) is 0 Å². The number of hydrogen-bond donors (Lipinski definition) is 0. The lowest BCUT2D eigenvalue weighted by Crippen LogP contribution is -2.07. The molecule has 0 saturated carbocycles. The Morgan fingerprint density at radius 3 is 1.62 bits per heavy atom. The molecule has 0 bridgehead atoms. The Balaban J connectivity index is 1.96. The predicted octanol–water partition coefficient (Wildman–Crippen LogP) is 5.09. The lowest BCUT2D eigenvalue weighted by molar-refractivity contribution is 1.13. The van der Waals surface area contributed by atoms with E-state index in [1.165, 1.54) is 27.9 Å². The van der Waals surface area contributed by atoms with Gasteiger partial charge in [-0.3, -0.25) is 0 Å². The Bertz CT molecular complexity index is 712. The summed E-state index contributed by atoms with van der Waals surface area (Å²) in [7, 11) is 4.12. The molecule has 21 heavy (non-hydrogen) atoms. The summed E-state index contributed by atoms with van der Waals surface area (Å²) < 4.78 is 0. The van der Waals surface area contributed by atoms with Gasteiger partial charge in [0.2, 0.25) is 0 Å². The summed E-state index contributed by atoms with van der Waals surface area (Å²) in [5, 5.41) is 0. The molecule has 3 aromatic carbocycles. The van der Waals surface area contributed by atoms with Crippen LogP contribution in [-0.2, 0) is 0 Å². The average molecular weight is 273 g/mol. The van der Waals surface area contributed by atoms with Crippen molar-refractivity contribution in [2.24, 2.45) is 0 Å². The van der Waals surface area contributed by atoms with Crippen LogP contribution in [0.3, 0.4) is 0 Å². The fraction of sp³-hybridized carbons (Fsp3) is 0.100. The first kappa shape index (κ1) is 13.4. The van der Waals surface area contributed by atoms with E-state index in [1.807, 2.05) is 6.07 Å². The Morgan fingerprint density at radius 1 is 0.524 bits per heavy atom. The fourth-order valence-corrected chi connectivity index (χ4v) is 2.46. The first-order chi connectivity index (χ1) is 10.2. The third kappa shape index (κ3) is 2.97. The number of anilines is 1. The summed E-state index contributed by atoms with van der Waals surface area (Å²) in [5.74, 6) is 0. The van der Waals surface area contributed by atoms with Crippen LogP contribution in [0.25, 0.3) is 22.3 Å². The number of rotatable bonds is 3. The Morgan fingerprint density at radius 2 is 1.05 bits per heavy atom. The average Bonchev–Trinajstić information content (AvgIpc) is 2.56. The molecule has 0 N–H and O–H groups in total. The van der Waals surface area contributed by atoms with E-state index >= 15 is 0 Å². The molecule has 104 valence electrons. The molecule has 0 unspecified atom stereocenters. The topological polar surface area (TPSA) is 3.24 Å². The Hall–Kier alpha value is -2.54. The van der Waals surface area contributed by atoms with Crippen molar-refractivity contribution in [3.8, 4) is 22.3 Å². The molecule has 0 saturated heterocycles. The highest BCUT2D eigenvalue weighted by Gasteiger charge is 2.02. The lowest BCUT2D eigenvalue weighted by Gasteiger charge is -2.13. The molecule has 0 atom stereocenters. The van der Waals surface area contributed by atoms with Crippen LogP contribution in [0.15, 0.2) is 78.9 Å². The second-order valence-corrected chi connectivity index (χ2v) is 5.39. The number of benzene rings is 3. The summed E-state index contributed by atoms with van der Waals surface area (Å²) in [6.45, 7) is 0. The van der Waals surface area contributed by atoms with Crippen LogP contribution in [0, 0.1) is 0 Å². The minimum atomic E-state index is 1.22. The predicted molar refractivity (Wildman–Crippen MR) is 91.6 cm³/mol. The van der Waals surface area contributed by atoms with Crippen LogP contribution in [0.5, 0.6) is 0 Å². The maximum absolute atomic E-state index is 2.25. The first-order valence-corrected chi connectivity index (χ1v) is 7.17. The lowest BCUT2D eigenvalue weighted by atomic mass is 9.99. The molecular formula is C20H19N. The van der Waals surface area contributed by atoms with E-state index in [4.69, 9.17) is 0 Å². The van der Waals surface area contributed by atoms with Crippen molar-refractivity contribution in [1.29, 1.82) is 0 Å². The fourth-order valence-electron chi connectivity index (χ4n) is 2.46. The molecule has 0 fully saturated rings. The molecule has 0 aliphatic heterocycles. The van der Waals surface area contributed by atoms with Crippen LogP contribution < -0.4 is 4.90 Å². The van der Waals surface area contributed by atoms with Crippen molar-refractivity contribution < 1.29 is 0 Å². The maximum Gasteiger partial charge on any atom is 0.0361 e. The molecule has 0 radical (unpaired) electrons. The Kier molecular flexibility index (Phi) is 3.74. The van der Waals surface area contributed by atoms with Gasteiger partial charge >= 0.3 is 0 Å². The van der Waals surface area contributed by atoms with E-state index in [-0.39, 0.29) is 0 Å². The highest BCUT2D eigenvalue weighted by molar-refractivity contribution is 5.73. The second-order valence-electron chi connectivity index (χ2n) is 5.39. The SMILES string of the molecule is CN(C)c1ccc(-c2cccc(-c3ccccc3)c2)cc1. The van der Waals surface area contributed by atoms with Gasteiger partial charge in [-0.15, -0.1) is 0 Å². The summed E-state index contributed by atoms with van der Waals surface area (Å²) in [4.78, 5) is 2.12. The molecule has 0 spiro atoms. The van der Waals surface area contributed by atoms with E-state index in [0.29, 0.717) is 0 Å². The van der Waals surface area contributed by atoms with Gasteiger partial charge in [-0.05, 0) is 40.5 Å². The molecular weight excluding hydrogens is 254 g/mol. The van der Waals surface area contributed by atoms with Crippen molar-refractivity contribution >= 4 is 5.69 Å². The molecule has 3 aromatic rings. The molecule has 3 rings (SSSR count). The minimum absolute atomic E-state index is 1.22. The van der Waals surface area contributed by atoms with Crippen LogP contribution in [0.1, 0.15) is 0 Å². The van der Waals surface area contributed by atoms with Crippen molar-refractivity contribution in [3.05, 3.63) is 78.9 Å². The van der Waals surface area contributed by atoms with Gasteiger partial charge in [0.1, 0.15) is 0 Å². The molecule has 1 heteroatoms. The zero-order valence-corrected chi connectivity index (χ0v) is 12.5. The van der Waals surface area contributed by atoms with Gasteiger partial charge in [0.25, 0.3) is 0 Å². The van der Waals surface area contributed by atoms with Gasteiger partial charge in [0, 0.05) is 19.8 Å². The summed E-state index contributed by atoms with van der Waals surface area (Å²) in [5.41, 5.74) is 6.23. The Labute approximate surface area is 126 Å². The van der Waals surface area contributed by atoms with E-state index in [0.717, 1.165) is 0 Å². The van der Waals surface area contributed by atoms with Crippen LogP contribution >= 0.6 is 0 Å². The normalized spacial score (nSPS) is 10.4. The van der Waals surface area contributed by atoms with E-state index in [9.17, 15) is 0 Å². The zero-order chi connectivity index (χ0) is 14.7. The van der Waals surface area contributed by atoms with E-state index in [1.54, 1.807) is 0 Å². The molecule has 0 aliphatic rings. The van der Waals surface area contributed by atoms with Gasteiger partial charge in [-0.1, -0.05) is 60.7 Å². The van der Waals surface area contributed by atoms with Crippen molar-refractivity contribution in [1.82, 2.24) is 0 Å². The van der Waals surface area contributed by atoms with Crippen molar-refractivity contribution in [2.45, 2.75) is 0 Å². The summed E-state index contributed by atoms with van der Waals surface area (Å²) in [6.07, 6.45) is 0. The number of hydrogen-bond acceptors (Lipinski definition) is 1. The smallest absolute Gasteiger partial charge is 0.0361 e. The van der Waals surface area contributed by atoms with Crippen molar-refractivity contribution in [2.75, 3.05) is 19.0 Å². The quantitative estimate of drug-likeness (QED) is 0.642. The summed E-state index contributed by atoms with van der Waals surface area (Å²) >= 11 is 0. The highest BCUT2D eigenvalue weighted by Crippen LogP contribution is 2.27.